The first-order valence-electron chi connectivity index (χ1n) is 16.0. The van der Waals surface area contributed by atoms with Crippen molar-refractivity contribution in [1.29, 1.82) is 0 Å². The van der Waals surface area contributed by atoms with Gasteiger partial charge in [0.05, 0.1) is 22.4 Å². The molecule has 9 rings (SSSR count). The molecule has 228 valence electrons. The Labute approximate surface area is 284 Å². The Bertz CT molecular complexity index is 2400. The van der Waals surface area contributed by atoms with Gasteiger partial charge >= 0.3 is 0 Å². The van der Waals surface area contributed by atoms with Crippen LogP contribution in [0.2, 0.25) is 0 Å². The highest BCUT2D eigenvalue weighted by Gasteiger charge is 2.17. The molecule has 0 aliphatic rings. The average Bonchev–Trinajstić information content (AvgIpc) is 3.18. The van der Waals surface area contributed by atoms with Crippen molar-refractivity contribution in [2.45, 2.75) is 0 Å². The molecule has 0 radical (unpaired) electrons. The molecule has 2 heterocycles. The van der Waals surface area contributed by atoms with Crippen molar-refractivity contribution in [2.24, 2.45) is 0 Å². The fraction of sp³-hybridized carbons (Fsp3) is 0.0222. The lowest BCUT2D eigenvalue weighted by molar-refractivity contribution is 1.37. The number of hydrogen-bond acceptors (Lipinski definition) is 2. The Morgan fingerprint density at radius 2 is 0.708 bits per heavy atom. The Morgan fingerprint density at radius 1 is 0.333 bits per heavy atom. The Kier molecular flexibility index (Phi) is 7.86. The van der Waals surface area contributed by atoms with Gasteiger partial charge in [-0.15, -0.1) is 11.6 Å². The van der Waals surface area contributed by atoms with Crippen molar-refractivity contribution in [1.82, 2.24) is 9.97 Å². The number of hydrogen-bond donors (Lipinski definition) is 0. The van der Waals surface area contributed by atoms with Crippen LogP contribution in [0.5, 0.6) is 0 Å². The molecule has 2 aromatic heterocycles. The molecule has 0 N–H and O–H groups in total. The summed E-state index contributed by atoms with van der Waals surface area (Å²) in [4.78, 5) is 10.8. The highest BCUT2D eigenvalue weighted by atomic mass is 35.5. The van der Waals surface area contributed by atoms with Crippen molar-refractivity contribution in [2.75, 3.05) is 6.38 Å². The van der Waals surface area contributed by atoms with Crippen molar-refractivity contribution < 1.29 is 0 Å². The molecule has 0 fully saturated rings. The van der Waals surface area contributed by atoms with Crippen LogP contribution in [0.4, 0.5) is 0 Å². The van der Waals surface area contributed by atoms with Crippen LogP contribution in [0.3, 0.4) is 0 Å². The minimum absolute atomic E-state index is 0.904. The standard InChI is InChI=1S/C44H28N2.CH3Cl/c1-3-13-31(14-4-1)39-27-41(35-21-19-29-11-7-9-17-33(29)25-35)45-43-37(39)23-24-38-40(32-15-5-2-6-16-32)28-42(46-44(38)43)36-22-20-30-12-8-10-18-34(30)26-36;1-2/h1-28H;1H3. The molecule has 0 bridgehead atoms. The van der Waals surface area contributed by atoms with Crippen LogP contribution in [-0.4, -0.2) is 16.4 Å². The SMILES string of the molecule is CCl.c1ccc(-c2cc(-c3ccc4ccccc4c3)nc3c2ccc2c(-c4ccccc4)cc(-c4ccc5ccccc5c4)nc23)cc1. The number of aromatic nitrogens is 2. The summed E-state index contributed by atoms with van der Waals surface area (Å²) in [5.74, 6) is 0. The number of fused-ring (bicyclic) bond motifs is 5. The van der Waals surface area contributed by atoms with E-state index in [2.05, 4.69) is 181 Å². The molecule has 48 heavy (non-hydrogen) atoms. The molecule has 2 nitrogen and oxygen atoms in total. The van der Waals surface area contributed by atoms with Gasteiger partial charge in [-0.3, -0.25) is 0 Å². The predicted octanol–water partition coefficient (Wildman–Crippen LogP) is 12.6. The molecule has 0 amide bonds. The molecule has 0 aliphatic heterocycles. The third-order valence-corrected chi connectivity index (χ3v) is 9.02. The van der Waals surface area contributed by atoms with E-state index in [9.17, 15) is 0 Å². The Balaban J connectivity index is 0.00000165. The summed E-state index contributed by atoms with van der Waals surface area (Å²) in [5, 5.41) is 7.01. The monoisotopic (exact) mass is 634 g/mol. The molecule has 7 aromatic carbocycles. The highest BCUT2D eigenvalue weighted by molar-refractivity contribution is 6.15. The second-order valence-electron chi connectivity index (χ2n) is 11.8. The van der Waals surface area contributed by atoms with E-state index < -0.39 is 0 Å². The number of nitrogens with zero attached hydrogens (tertiary/aromatic N) is 2. The zero-order valence-corrected chi connectivity index (χ0v) is 27.2. The van der Waals surface area contributed by atoms with E-state index in [0.717, 1.165) is 66.6 Å². The molecule has 3 heteroatoms. The summed E-state index contributed by atoms with van der Waals surface area (Å²) in [5.41, 5.74) is 10.5. The van der Waals surface area contributed by atoms with Gasteiger partial charge in [-0.25, -0.2) is 9.97 Å². The number of benzene rings is 7. The average molecular weight is 635 g/mol. The van der Waals surface area contributed by atoms with Gasteiger partial charge in [0.1, 0.15) is 0 Å². The van der Waals surface area contributed by atoms with E-state index in [-0.39, 0.29) is 0 Å². The first-order chi connectivity index (χ1) is 23.8. The smallest absolute Gasteiger partial charge is 0.0978 e. The van der Waals surface area contributed by atoms with Crippen LogP contribution in [-0.2, 0) is 0 Å². The third kappa shape index (κ3) is 5.37. The number of pyridine rings is 2. The van der Waals surface area contributed by atoms with E-state index in [1.54, 1.807) is 0 Å². The fourth-order valence-corrected chi connectivity index (χ4v) is 6.68. The number of rotatable bonds is 4. The van der Waals surface area contributed by atoms with Crippen molar-refractivity contribution in [3.05, 3.63) is 170 Å². The maximum absolute atomic E-state index is 5.42. The summed E-state index contributed by atoms with van der Waals surface area (Å²) < 4.78 is 0. The van der Waals surface area contributed by atoms with Gasteiger partial charge in [0, 0.05) is 28.3 Å². The zero-order chi connectivity index (χ0) is 32.5. The maximum Gasteiger partial charge on any atom is 0.0978 e. The summed E-state index contributed by atoms with van der Waals surface area (Å²) in [6, 6.07) is 60.3. The number of alkyl halides is 1. The molecular weight excluding hydrogens is 604 g/mol. The van der Waals surface area contributed by atoms with E-state index >= 15 is 0 Å². The molecule has 0 atom stereocenters. The van der Waals surface area contributed by atoms with Crippen molar-refractivity contribution >= 4 is 55.0 Å². The highest BCUT2D eigenvalue weighted by Crippen LogP contribution is 2.40. The predicted molar refractivity (Wildman–Crippen MR) is 206 cm³/mol. The van der Waals surface area contributed by atoms with Gasteiger partial charge in [0.2, 0.25) is 0 Å². The topological polar surface area (TPSA) is 25.8 Å². The maximum atomic E-state index is 5.42. The second-order valence-corrected chi connectivity index (χ2v) is 11.8. The lowest BCUT2D eigenvalue weighted by Gasteiger charge is -2.16. The van der Waals surface area contributed by atoms with Crippen molar-refractivity contribution in [3.63, 3.8) is 0 Å². The molecule has 0 unspecified atom stereocenters. The largest absolute Gasteiger partial charge is 0.245 e. The molecular formula is C45H31ClN2. The summed E-state index contributed by atoms with van der Waals surface area (Å²) >= 11 is 4.64. The van der Waals surface area contributed by atoms with E-state index in [4.69, 9.17) is 9.97 Å². The van der Waals surface area contributed by atoms with Crippen LogP contribution in [0.15, 0.2) is 170 Å². The van der Waals surface area contributed by atoms with E-state index in [1.807, 2.05) is 0 Å². The van der Waals surface area contributed by atoms with Gasteiger partial charge in [0.25, 0.3) is 0 Å². The number of halogens is 1. The van der Waals surface area contributed by atoms with E-state index in [0.29, 0.717) is 0 Å². The van der Waals surface area contributed by atoms with E-state index in [1.165, 1.54) is 27.9 Å². The van der Waals surface area contributed by atoms with Crippen LogP contribution in [0.25, 0.3) is 88.1 Å². The molecule has 0 aliphatic carbocycles. The van der Waals surface area contributed by atoms with Gasteiger partial charge < -0.3 is 0 Å². The van der Waals surface area contributed by atoms with Gasteiger partial charge in [-0.05, 0) is 68.1 Å². The fourth-order valence-electron chi connectivity index (χ4n) is 6.68. The lowest BCUT2D eigenvalue weighted by atomic mass is 9.93. The molecule has 0 saturated carbocycles. The van der Waals surface area contributed by atoms with Gasteiger partial charge in [-0.2, -0.15) is 0 Å². The second kappa shape index (κ2) is 12.8. The normalized spacial score (nSPS) is 11.1. The summed E-state index contributed by atoms with van der Waals surface area (Å²) in [6.45, 7) is 0. The van der Waals surface area contributed by atoms with Crippen LogP contribution >= 0.6 is 11.6 Å². The lowest BCUT2D eigenvalue weighted by Crippen LogP contribution is -1.95. The van der Waals surface area contributed by atoms with Crippen LogP contribution < -0.4 is 0 Å². The minimum Gasteiger partial charge on any atom is -0.245 e. The molecule has 0 saturated heterocycles. The molecule has 9 aromatic rings. The summed E-state index contributed by atoms with van der Waals surface area (Å²) in [6.07, 6.45) is 1.47. The van der Waals surface area contributed by atoms with Crippen LogP contribution in [0.1, 0.15) is 0 Å². The van der Waals surface area contributed by atoms with Gasteiger partial charge in [0.15, 0.2) is 0 Å². The van der Waals surface area contributed by atoms with Gasteiger partial charge in [-0.1, -0.05) is 146 Å². The first-order valence-corrected chi connectivity index (χ1v) is 16.8. The Morgan fingerprint density at radius 3 is 1.12 bits per heavy atom. The zero-order valence-electron chi connectivity index (χ0n) is 26.4. The minimum atomic E-state index is 0.904. The summed E-state index contributed by atoms with van der Waals surface area (Å²) in [7, 11) is 0. The first kappa shape index (κ1) is 29.6. The third-order valence-electron chi connectivity index (χ3n) is 9.02. The van der Waals surface area contributed by atoms with Crippen molar-refractivity contribution in [3.8, 4) is 44.8 Å². The molecule has 0 spiro atoms. The van der Waals surface area contributed by atoms with Crippen LogP contribution in [0, 0.1) is 0 Å². The Hall–Kier alpha value is -5.83. The quantitative estimate of drug-likeness (QED) is 0.142.